The van der Waals surface area contributed by atoms with E-state index in [-0.39, 0.29) is 0 Å². The highest BCUT2D eigenvalue weighted by atomic mass is 16.5. The van der Waals surface area contributed by atoms with Crippen molar-refractivity contribution in [1.29, 1.82) is 0 Å². The Balaban J connectivity index is 1.36. The SMILES string of the molecule is C1CCC(CN2CC(N3CCNCC3)C2)OC1. The molecule has 4 heteroatoms. The van der Waals surface area contributed by atoms with Crippen LogP contribution in [0.3, 0.4) is 0 Å². The van der Waals surface area contributed by atoms with Gasteiger partial charge in [-0.3, -0.25) is 9.80 Å². The van der Waals surface area contributed by atoms with Crippen molar-refractivity contribution in [1.82, 2.24) is 15.1 Å². The monoisotopic (exact) mass is 239 g/mol. The van der Waals surface area contributed by atoms with Gasteiger partial charge in [0.2, 0.25) is 0 Å². The number of piperazine rings is 1. The average Bonchev–Trinajstić information content (AvgIpc) is 2.36. The lowest BCUT2D eigenvalue weighted by Crippen LogP contribution is -2.63. The molecular formula is C13H25N3O. The van der Waals surface area contributed by atoms with E-state index in [0.717, 1.165) is 12.6 Å². The summed E-state index contributed by atoms with van der Waals surface area (Å²) in [6.07, 6.45) is 4.42. The van der Waals surface area contributed by atoms with Gasteiger partial charge in [-0.15, -0.1) is 0 Å². The van der Waals surface area contributed by atoms with Gasteiger partial charge in [0, 0.05) is 58.5 Å². The molecule has 1 atom stereocenters. The van der Waals surface area contributed by atoms with Crippen LogP contribution < -0.4 is 5.32 Å². The highest BCUT2D eigenvalue weighted by Gasteiger charge is 2.33. The molecule has 3 aliphatic rings. The lowest BCUT2D eigenvalue weighted by atomic mass is 10.0. The molecule has 3 heterocycles. The van der Waals surface area contributed by atoms with Gasteiger partial charge in [-0.1, -0.05) is 0 Å². The second-order valence-corrected chi connectivity index (χ2v) is 5.65. The van der Waals surface area contributed by atoms with Gasteiger partial charge in [-0.05, 0) is 19.3 Å². The summed E-state index contributed by atoms with van der Waals surface area (Å²) in [5.41, 5.74) is 0. The van der Waals surface area contributed by atoms with Crippen LogP contribution in [0, 0.1) is 0 Å². The Hall–Kier alpha value is -0.160. The van der Waals surface area contributed by atoms with Crippen molar-refractivity contribution in [3.05, 3.63) is 0 Å². The minimum absolute atomic E-state index is 0.521. The van der Waals surface area contributed by atoms with Crippen LogP contribution in [0.25, 0.3) is 0 Å². The molecule has 4 nitrogen and oxygen atoms in total. The maximum Gasteiger partial charge on any atom is 0.0702 e. The normalized spacial score (nSPS) is 33.5. The molecule has 0 spiro atoms. The third-order valence-corrected chi connectivity index (χ3v) is 4.34. The molecule has 98 valence electrons. The fraction of sp³-hybridized carbons (Fsp3) is 1.00. The average molecular weight is 239 g/mol. The first kappa shape index (κ1) is 11.9. The van der Waals surface area contributed by atoms with Gasteiger partial charge >= 0.3 is 0 Å². The van der Waals surface area contributed by atoms with Crippen molar-refractivity contribution in [3.8, 4) is 0 Å². The van der Waals surface area contributed by atoms with E-state index < -0.39 is 0 Å². The van der Waals surface area contributed by atoms with Gasteiger partial charge in [0.25, 0.3) is 0 Å². The van der Waals surface area contributed by atoms with Crippen molar-refractivity contribution in [2.75, 3.05) is 52.4 Å². The minimum Gasteiger partial charge on any atom is -0.377 e. The molecule has 1 N–H and O–H groups in total. The van der Waals surface area contributed by atoms with E-state index in [1.54, 1.807) is 0 Å². The Morgan fingerprint density at radius 1 is 1.12 bits per heavy atom. The van der Waals surface area contributed by atoms with Crippen molar-refractivity contribution in [2.24, 2.45) is 0 Å². The van der Waals surface area contributed by atoms with Crippen LogP contribution in [0.4, 0.5) is 0 Å². The molecule has 0 bridgehead atoms. The van der Waals surface area contributed by atoms with E-state index in [4.69, 9.17) is 4.74 Å². The fourth-order valence-corrected chi connectivity index (χ4v) is 3.21. The quantitative estimate of drug-likeness (QED) is 0.758. The smallest absolute Gasteiger partial charge is 0.0702 e. The molecule has 0 aromatic carbocycles. The summed E-state index contributed by atoms with van der Waals surface area (Å²) in [5.74, 6) is 0. The molecule has 3 rings (SSSR count). The molecule has 0 amide bonds. The molecule has 3 aliphatic heterocycles. The Morgan fingerprint density at radius 3 is 2.65 bits per heavy atom. The van der Waals surface area contributed by atoms with Crippen molar-refractivity contribution < 1.29 is 4.74 Å². The van der Waals surface area contributed by atoms with E-state index in [1.807, 2.05) is 0 Å². The first-order valence-corrected chi connectivity index (χ1v) is 7.20. The molecule has 0 radical (unpaired) electrons. The number of ether oxygens (including phenoxy) is 1. The standard InChI is InChI=1S/C13H25N3O/c1-2-8-17-13(3-1)11-15-9-12(10-15)16-6-4-14-5-7-16/h12-14H,1-11H2. The van der Waals surface area contributed by atoms with Crippen LogP contribution >= 0.6 is 0 Å². The number of rotatable bonds is 3. The highest BCUT2D eigenvalue weighted by Crippen LogP contribution is 2.19. The molecule has 0 aliphatic carbocycles. The first-order chi connectivity index (χ1) is 8.42. The third kappa shape index (κ3) is 2.99. The van der Waals surface area contributed by atoms with Crippen molar-refractivity contribution in [3.63, 3.8) is 0 Å². The number of hydrogen-bond acceptors (Lipinski definition) is 4. The Kier molecular flexibility index (Phi) is 3.96. The highest BCUT2D eigenvalue weighted by molar-refractivity contribution is 4.90. The van der Waals surface area contributed by atoms with Gasteiger partial charge in [0.15, 0.2) is 0 Å². The van der Waals surface area contributed by atoms with Crippen LogP contribution in [0.1, 0.15) is 19.3 Å². The topological polar surface area (TPSA) is 27.7 Å². The zero-order valence-corrected chi connectivity index (χ0v) is 10.7. The summed E-state index contributed by atoms with van der Waals surface area (Å²) >= 11 is 0. The molecule has 3 saturated heterocycles. The number of hydrogen-bond donors (Lipinski definition) is 1. The van der Waals surface area contributed by atoms with Crippen LogP contribution in [0.15, 0.2) is 0 Å². The van der Waals surface area contributed by atoms with Gasteiger partial charge < -0.3 is 10.1 Å². The maximum absolute atomic E-state index is 5.80. The molecule has 1 unspecified atom stereocenters. The largest absolute Gasteiger partial charge is 0.377 e. The predicted molar refractivity (Wildman–Crippen MR) is 68.3 cm³/mol. The second-order valence-electron chi connectivity index (χ2n) is 5.65. The van der Waals surface area contributed by atoms with E-state index in [0.29, 0.717) is 6.10 Å². The maximum atomic E-state index is 5.80. The lowest BCUT2D eigenvalue weighted by Gasteiger charge is -2.48. The predicted octanol–water partition coefficient (Wildman–Crippen LogP) is 0.145. The molecule has 17 heavy (non-hydrogen) atoms. The van der Waals surface area contributed by atoms with Crippen LogP contribution in [0.5, 0.6) is 0 Å². The molecule has 0 aromatic rings. The number of nitrogens with zero attached hydrogens (tertiary/aromatic N) is 2. The van der Waals surface area contributed by atoms with Crippen LogP contribution in [0.2, 0.25) is 0 Å². The molecule has 0 saturated carbocycles. The Morgan fingerprint density at radius 2 is 1.94 bits per heavy atom. The first-order valence-electron chi connectivity index (χ1n) is 7.20. The Labute approximate surface area is 104 Å². The second kappa shape index (κ2) is 5.65. The van der Waals surface area contributed by atoms with Gasteiger partial charge in [-0.25, -0.2) is 0 Å². The molecule has 0 aromatic heterocycles. The van der Waals surface area contributed by atoms with Gasteiger partial charge in [0.05, 0.1) is 6.10 Å². The number of nitrogens with one attached hydrogen (secondary N) is 1. The molecular weight excluding hydrogens is 214 g/mol. The van der Waals surface area contributed by atoms with Crippen LogP contribution in [-0.4, -0.2) is 74.4 Å². The van der Waals surface area contributed by atoms with Crippen molar-refractivity contribution in [2.45, 2.75) is 31.4 Å². The summed E-state index contributed by atoms with van der Waals surface area (Å²) in [7, 11) is 0. The summed E-state index contributed by atoms with van der Waals surface area (Å²) < 4.78 is 5.80. The summed E-state index contributed by atoms with van der Waals surface area (Å²) in [4.78, 5) is 5.22. The fourth-order valence-electron chi connectivity index (χ4n) is 3.21. The third-order valence-electron chi connectivity index (χ3n) is 4.34. The molecule has 3 fully saturated rings. The summed E-state index contributed by atoms with van der Waals surface area (Å²) in [6, 6.07) is 0.820. The van der Waals surface area contributed by atoms with E-state index in [2.05, 4.69) is 15.1 Å². The van der Waals surface area contributed by atoms with Gasteiger partial charge in [0.1, 0.15) is 0 Å². The van der Waals surface area contributed by atoms with Gasteiger partial charge in [-0.2, -0.15) is 0 Å². The van der Waals surface area contributed by atoms with E-state index in [1.165, 1.54) is 65.1 Å². The zero-order chi connectivity index (χ0) is 11.5. The van der Waals surface area contributed by atoms with E-state index in [9.17, 15) is 0 Å². The Bertz CT molecular complexity index is 231. The van der Waals surface area contributed by atoms with E-state index >= 15 is 0 Å². The minimum atomic E-state index is 0.521. The van der Waals surface area contributed by atoms with Crippen molar-refractivity contribution >= 4 is 0 Å². The summed E-state index contributed by atoms with van der Waals surface area (Å²) in [5, 5.41) is 3.42. The zero-order valence-electron chi connectivity index (χ0n) is 10.7. The number of likely N-dealkylation sites (tertiary alicyclic amines) is 1. The lowest BCUT2D eigenvalue weighted by molar-refractivity contribution is -0.0426. The van der Waals surface area contributed by atoms with Crippen LogP contribution in [-0.2, 0) is 4.74 Å². The summed E-state index contributed by atoms with van der Waals surface area (Å²) in [6.45, 7) is 9.49.